The fraction of sp³-hybridized carbons (Fsp3) is 0.250. The molecule has 1 fully saturated rings. The maximum Gasteiger partial charge on any atom is 0.0578 e. The van der Waals surface area contributed by atoms with Crippen LogP contribution in [0.2, 0.25) is 0 Å². The molecule has 0 bridgehead atoms. The van der Waals surface area contributed by atoms with Crippen molar-refractivity contribution in [1.29, 1.82) is 0 Å². The van der Waals surface area contributed by atoms with Gasteiger partial charge in [-0.15, -0.1) is 0 Å². The van der Waals surface area contributed by atoms with Gasteiger partial charge >= 0.3 is 0 Å². The summed E-state index contributed by atoms with van der Waals surface area (Å²) < 4.78 is 0. The summed E-state index contributed by atoms with van der Waals surface area (Å²) in [5.74, 6) is 0. The number of nitrogens with one attached hydrogen (secondary N) is 1. The van der Waals surface area contributed by atoms with Gasteiger partial charge < -0.3 is 11.1 Å². The standard InChI is InChI=1S/C19H23N.C13H13N/c1-4-10-16(11-5-1)19(17-12-6-2-7-13-17)20-18-14-8-3-9-15-18;14-13(11-7-3-1-4-8-11)12-9-5-2-6-10-12/h1-2,4-7,10-13,18-20H,3,8-9,14-15H2;1-10,13H,14H2. The normalized spacial score (nSPS) is 14.0. The van der Waals surface area contributed by atoms with Crippen molar-refractivity contribution in [3.63, 3.8) is 0 Å². The van der Waals surface area contributed by atoms with Gasteiger partial charge in [-0.25, -0.2) is 0 Å². The largest absolute Gasteiger partial charge is 0.320 e. The van der Waals surface area contributed by atoms with Crippen LogP contribution in [-0.4, -0.2) is 6.04 Å². The molecule has 0 saturated heterocycles. The quantitative estimate of drug-likeness (QED) is 0.322. The maximum absolute atomic E-state index is 6.12. The average molecular weight is 449 g/mol. The van der Waals surface area contributed by atoms with E-state index in [1.807, 2.05) is 36.4 Å². The van der Waals surface area contributed by atoms with E-state index in [9.17, 15) is 0 Å². The Kier molecular flexibility index (Phi) is 9.07. The van der Waals surface area contributed by atoms with Crippen molar-refractivity contribution in [3.05, 3.63) is 144 Å². The van der Waals surface area contributed by atoms with E-state index in [2.05, 4.69) is 90.2 Å². The summed E-state index contributed by atoms with van der Waals surface area (Å²) in [6.07, 6.45) is 6.77. The van der Waals surface area contributed by atoms with Crippen molar-refractivity contribution >= 4 is 0 Å². The van der Waals surface area contributed by atoms with E-state index in [1.165, 1.54) is 43.2 Å². The molecule has 4 aromatic carbocycles. The number of benzene rings is 4. The Labute approximate surface area is 204 Å². The SMILES string of the molecule is NC(c1ccccc1)c1ccccc1.c1ccc(C(NC2CCCCC2)c2ccccc2)cc1. The Morgan fingerprint density at radius 1 is 0.500 bits per heavy atom. The zero-order valence-electron chi connectivity index (χ0n) is 19.9. The van der Waals surface area contributed by atoms with Crippen LogP contribution in [-0.2, 0) is 0 Å². The highest BCUT2D eigenvalue weighted by atomic mass is 15.0. The molecule has 1 aliphatic carbocycles. The van der Waals surface area contributed by atoms with E-state index in [1.54, 1.807) is 0 Å². The van der Waals surface area contributed by atoms with Crippen LogP contribution in [0.15, 0.2) is 121 Å². The molecule has 2 nitrogen and oxygen atoms in total. The van der Waals surface area contributed by atoms with E-state index in [4.69, 9.17) is 5.73 Å². The first-order valence-corrected chi connectivity index (χ1v) is 12.5. The van der Waals surface area contributed by atoms with Crippen LogP contribution in [0, 0.1) is 0 Å². The molecule has 0 spiro atoms. The highest BCUT2D eigenvalue weighted by molar-refractivity contribution is 5.32. The van der Waals surface area contributed by atoms with Gasteiger partial charge in [-0.3, -0.25) is 0 Å². The van der Waals surface area contributed by atoms with Crippen molar-refractivity contribution in [2.45, 2.75) is 50.2 Å². The maximum atomic E-state index is 6.12. The summed E-state index contributed by atoms with van der Waals surface area (Å²) in [5, 5.41) is 3.89. The molecule has 0 aromatic heterocycles. The van der Waals surface area contributed by atoms with Crippen molar-refractivity contribution in [2.24, 2.45) is 5.73 Å². The van der Waals surface area contributed by atoms with Gasteiger partial charge in [0.1, 0.15) is 0 Å². The Hall–Kier alpha value is -3.20. The molecule has 1 aliphatic rings. The molecule has 0 unspecified atom stereocenters. The topological polar surface area (TPSA) is 38.0 Å². The molecule has 0 radical (unpaired) electrons. The number of rotatable bonds is 6. The van der Waals surface area contributed by atoms with Crippen molar-refractivity contribution < 1.29 is 0 Å². The lowest BCUT2D eigenvalue weighted by molar-refractivity contribution is 0.354. The summed E-state index contributed by atoms with van der Waals surface area (Å²) in [4.78, 5) is 0. The zero-order valence-corrected chi connectivity index (χ0v) is 19.9. The number of nitrogens with two attached hydrogens (primary N) is 1. The molecule has 0 aliphatic heterocycles. The molecule has 5 rings (SSSR count). The minimum Gasteiger partial charge on any atom is -0.320 e. The lowest BCUT2D eigenvalue weighted by atomic mass is 9.92. The molecule has 3 N–H and O–H groups in total. The Balaban J connectivity index is 0.000000172. The minimum absolute atomic E-state index is 0.0163. The number of hydrogen-bond donors (Lipinski definition) is 2. The fourth-order valence-corrected chi connectivity index (χ4v) is 4.69. The molecular formula is C32H36N2. The van der Waals surface area contributed by atoms with Gasteiger partial charge in [0.25, 0.3) is 0 Å². The highest BCUT2D eigenvalue weighted by Gasteiger charge is 2.20. The van der Waals surface area contributed by atoms with Crippen LogP contribution in [0.4, 0.5) is 0 Å². The first-order chi connectivity index (χ1) is 16.8. The summed E-state index contributed by atoms with van der Waals surface area (Å²) >= 11 is 0. The van der Waals surface area contributed by atoms with Gasteiger partial charge in [-0.1, -0.05) is 141 Å². The molecule has 2 heteroatoms. The summed E-state index contributed by atoms with van der Waals surface area (Å²) in [7, 11) is 0. The third-order valence-corrected chi connectivity index (χ3v) is 6.59. The van der Waals surface area contributed by atoms with Crippen molar-refractivity contribution in [1.82, 2.24) is 5.32 Å². The van der Waals surface area contributed by atoms with Crippen LogP contribution < -0.4 is 11.1 Å². The average Bonchev–Trinajstić information content (AvgIpc) is 2.94. The second kappa shape index (κ2) is 12.9. The van der Waals surface area contributed by atoms with Gasteiger partial charge in [0.05, 0.1) is 12.1 Å². The number of hydrogen-bond acceptors (Lipinski definition) is 2. The monoisotopic (exact) mass is 448 g/mol. The molecule has 174 valence electrons. The third kappa shape index (κ3) is 6.90. The smallest absolute Gasteiger partial charge is 0.0578 e. The molecule has 4 aromatic rings. The lowest BCUT2D eigenvalue weighted by Crippen LogP contribution is -2.35. The second-order valence-corrected chi connectivity index (χ2v) is 9.06. The predicted octanol–water partition coefficient (Wildman–Crippen LogP) is 7.43. The zero-order chi connectivity index (χ0) is 23.4. The molecule has 0 heterocycles. The fourth-order valence-electron chi connectivity index (χ4n) is 4.69. The van der Waals surface area contributed by atoms with Crippen LogP contribution in [0.5, 0.6) is 0 Å². The third-order valence-electron chi connectivity index (χ3n) is 6.59. The van der Waals surface area contributed by atoms with Gasteiger partial charge in [-0.05, 0) is 35.1 Å². The Morgan fingerprint density at radius 3 is 1.24 bits per heavy atom. The van der Waals surface area contributed by atoms with Crippen LogP contribution in [0.3, 0.4) is 0 Å². The van der Waals surface area contributed by atoms with Gasteiger partial charge in [0.15, 0.2) is 0 Å². The van der Waals surface area contributed by atoms with Crippen LogP contribution >= 0.6 is 0 Å². The first-order valence-electron chi connectivity index (χ1n) is 12.5. The highest BCUT2D eigenvalue weighted by Crippen LogP contribution is 2.26. The predicted molar refractivity (Wildman–Crippen MR) is 144 cm³/mol. The van der Waals surface area contributed by atoms with Crippen molar-refractivity contribution in [2.75, 3.05) is 0 Å². The van der Waals surface area contributed by atoms with Crippen LogP contribution in [0.1, 0.15) is 66.4 Å². The van der Waals surface area contributed by atoms with E-state index >= 15 is 0 Å². The second-order valence-electron chi connectivity index (χ2n) is 9.06. The minimum atomic E-state index is -0.0163. The molecule has 1 saturated carbocycles. The van der Waals surface area contributed by atoms with E-state index < -0.39 is 0 Å². The van der Waals surface area contributed by atoms with E-state index in [0.29, 0.717) is 12.1 Å². The Morgan fingerprint density at radius 2 is 0.853 bits per heavy atom. The molecular weight excluding hydrogens is 412 g/mol. The lowest BCUT2D eigenvalue weighted by Gasteiger charge is -2.29. The van der Waals surface area contributed by atoms with E-state index in [-0.39, 0.29) is 6.04 Å². The summed E-state index contributed by atoms with van der Waals surface area (Å²) in [5.41, 5.74) is 11.1. The molecule has 0 amide bonds. The Bertz CT molecular complexity index is 980. The molecule has 34 heavy (non-hydrogen) atoms. The van der Waals surface area contributed by atoms with E-state index in [0.717, 1.165) is 11.1 Å². The summed E-state index contributed by atoms with van der Waals surface area (Å²) in [6, 6.07) is 42.9. The van der Waals surface area contributed by atoms with Gasteiger partial charge in [-0.2, -0.15) is 0 Å². The van der Waals surface area contributed by atoms with Crippen molar-refractivity contribution in [3.8, 4) is 0 Å². The molecule has 0 atom stereocenters. The first kappa shape index (κ1) is 23.9. The van der Waals surface area contributed by atoms with Gasteiger partial charge in [0, 0.05) is 6.04 Å². The van der Waals surface area contributed by atoms with Crippen LogP contribution in [0.25, 0.3) is 0 Å². The van der Waals surface area contributed by atoms with Gasteiger partial charge in [0.2, 0.25) is 0 Å². The summed E-state index contributed by atoms with van der Waals surface area (Å²) in [6.45, 7) is 0.